The maximum Gasteiger partial charge on any atom is 0.118 e. The van der Waals surface area contributed by atoms with Crippen molar-refractivity contribution in [3.63, 3.8) is 0 Å². The summed E-state index contributed by atoms with van der Waals surface area (Å²) < 4.78 is 0. The molecular formula is C12H13BN2S4. The van der Waals surface area contributed by atoms with Crippen LogP contribution in [0.1, 0.15) is 17.9 Å². The van der Waals surface area contributed by atoms with E-state index in [2.05, 4.69) is 60.8 Å². The summed E-state index contributed by atoms with van der Waals surface area (Å²) in [5, 5.41) is 5.26. The Kier molecular flexibility index (Phi) is 3.86. The van der Waals surface area contributed by atoms with E-state index in [0.717, 1.165) is 45.2 Å². The van der Waals surface area contributed by atoms with Crippen molar-refractivity contribution in [3.05, 3.63) is 5.56 Å². The first-order valence-corrected chi connectivity index (χ1v) is 7.78. The van der Waals surface area contributed by atoms with Crippen LogP contribution in [0.5, 0.6) is 0 Å². The van der Waals surface area contributed by atoms with Gasteiger partial charge in [0.2, 0.25) is 0 Å². The predicted molar refractivity (Wildman–Crippen MR) is 92.9 cm³/mol. The molecule has 1 aliphatic rings. The number of aromatic amines is 1. The Balaban J connectivity index is 2.36. The molecule has 0 spiro atoms. The van der Waals surface area contributed by atoms with Gasteiger partial charge in [0.25, 0.3) is 0 Å². The summed E-state index contributed by atoms with van der Waals surface area (Å²) in [7, 11) is 6.13. The highest BCUT2D eigenvalue weighted by atomic mass is 32.1. The van der Waals surface area contributed by atoms with Crippen LogP contribution in [0.3, 0.4) is 0 Å². The number of hydrogen-bond donors (Lipinski definition) is 6. The summed E-state index contributed by atoms with van der Waals surface area (Å²) in [5.74, 6) is 0.435. The van der Waals surface area contributed by atoms with Crippen molar-refractivity contribution in [1.29, 1.82) is 0 Å². The van der Waals surface area contributed by atoms with Gasteiger partial charge < -0.3 is 10.3 Å². The quantitative estimate of drug-likeness (QED) is 0.352. The minimum absolute atomic E-state index is 0.435. The van der Waals surface area contributed by atoms with E-state index < -0.39 is 0 Å². The van der Waals surface area contributed by atoms with E-state index in [1.54, 1.807) is 0 Å². The molecular weight excluding hydrogens is 311 g/mol. The van der Waals surface area contributed by atoms with E-state index in [1.807, 2.05) is 0 Å². The Labute approximate surface area is 135 Å². The van der Waals surface area contributed by atoms with Gasteiger partial charge in [-0.1, -0.05) is 5.46 Å². The molecule has 2 nitrogen and oxygen atoms in total. The lowest BCUT2D eigenvalue weighted by molar-refractivity contribution is 0.750. The number of nitrogens with one attached hydrogen (secondary N) is 2. The standard InChI is InChI=1S/C12H13BN2S4/c13-7-8-6(9(16)11(18)10(7)17)5(12(19)15-8)4-1-2-14-3-4/h4,14-19H,1-3H2. The van der Waals surface area contributed by atoms with Gasteiger partial charge in [0, 0.05) is 38.1 Å². The maximum atomic E-state index is 6.13. The normalized spacial score (nSPS) is 19.5. The van der Waals surface area contributed by atoms with E-state index in [9.17, 15) is 0 Å². The first-order valence-electron chi connectivity index (χ1n) is 6.00. The van der Waals surface area contributed by atoms with Crippen molar-refractivity contribution in [1.82, 2.24) is 10.3 Å². The fourth-order valence-electron chi connectivity index (χ4n) is 2.72. The molecule has 2 N–H and O–H groups in total. The molecule has 2 radical (unpaired) electrons. The van der Waals surface area contributed by atoms with E-state index in [1.165, 1.54) is 5.56 Å². The van der Waals surface area contributed by atoms with Crippen LogP contribution in [-0.2, 0) is 0 Å². The van der Waals surface area contributed by atoms with Gasteiger partial charge in [0.15, 0.2) is 0 Å². The average molecular weight is 324 g/mol. The Morgan fingerprint density at radius 3 is 2.42 bits per heavy atom. The third kappa shape index (κ3) is 2.14. The molecule has 19 heavy (non-hydrogen) atoms. The predicted octanol–water partition coefficient (Wildman–Crippen LogP) is 2.19. The summed E-state index contributed by atoms with van der Waals surface area (Å²) in [6.45, 7) is 1.98. The van der Waals surface area contributed by atoms with Crippen LogP contribution >= 0.6 is 50.5 Å². The van der Waals surface area contributed by atoms with Crippen molar-refractivity contribution in [2.45, 2.75) is 32.1 Å². The van der Waals surface area contributed by atoms with E-state index in [0.29, 0.717) is 16.3 Å². The molecule has 1 aliphatic heterocycles. The molecule has 1 unspecified atom stereocenters. The monoisotopic (exact) mass is 324 g/mol. The van der Waals surface area contributed by atoms with Gasteiger partial charge in [-0.25, -0.2) is 0 Å². The molecule has 7 heteroatoms. The first kappa shape index (κ1) is 14.1. The largest absolute Gasteiger partial charge is 0.350 e. The van der Waals surface area contributed by atoms with Crippen LogP contribution in [-0.4, -0.2) is 25.9 Å². The molecule has 0 aliphatic carbocycles. The van der Waals surface area contributed by atoms with Gasteiger partial charge >= 0.3 is 0 Å². The topological polar surface area (TPSA) is 27.8 Å². The van der Waals surface area contributed by atoms with Crippen LogP contribution in [0, 0.1) is 0 Å². The Morgan fingerprint density at radius 1 is 1.05 bits per heavy atom. The minimum atomic E-state index is 0.435. The number of fused-ring (bicyclic) bond motifs is 1. The molecule has 3 rings (SSSR count). The molecule has 0 saturated carbocycles. The van der Waals surface area contributed by atoms with Crippen molar-refractivity contribution in [2.24, 2.45) is 0 Å². The van der Waals surface area contributed by atoms with Crippen LogP contribution in [0.15, 0.2) is 19.7 Å². The van der Waals surface area contributed by atoms with E-state index in [4.69, 9.17) is 7.85 Å². The van der Waals surface area contributed by atoms with Crippen molar-refractivity contribution in [3.8, 4) is 0 Å². The average Bonchev–Trinajstić information content (AvgIpc) is 3.00. The number of thiol groups is 4. The molecule has 1 fully saturated rings. The zero-order valence-corrected chi connectivity index (χ0v) is 13.6. The van der Waals surface area contributed by atoms with Gasteiger partial charge in [-0.3, -0.25) is 0 Å². The Bertz CT molecular complexity index is 662. The number of benzene rings is 1. The van der Waals surface area contributed by atoms with E-state index in [-0.39, 0.29) is 0 Å². The first-order chi connectivity index (χ1) is 9.02. The van der Waals surface area contributed by atoms with Gasteiger partial charge in [0.05, 0.1) is 5.03 Å². The van der Waals surface area contributed by atoms with Gasteiger partial charge in [-0.2, -0.15) is 0 Å². The highest BCUT2D eigenvalue weighted by molar-refractivity contribution is 7.85. The highest BCUT2D eigenvalue weighted by Gasteiger charge is 2.25. The minimum Gasteiger partial charge on any atom is -0.350 e. The third-order valence-electron chi connectivity index (χ3n) is 3.70. The smallest absolute Gasteiger partial charge is 0.118 e. The molecule has 2 heterocycles. The zero-order valence-electron chi connectivity index (χ0n) is 10.1. The summed E-state index contributed by atoms with van der Waals surface area (Å²) in [5.41, 5.74) is 2.65. The number of aromatic nitrogens is 1. The zero-order chi connectivity index (χ0) is 13.7. The lowest BCUT2D eigenvalue weighted by Gasteiger charge is -2.13. The molecule has 0 bridgehead atoms. The van der Waals surface area contributed by atoms with Gasteiger partial charge in [-0.15, -0.1) is 50.5 Å². The van der Waals surface area contributed by atoms with E-state index >= 15 is 0 Å². The second-order valence-corrected chi connectivity index (χ2v) is 6.58. The SMILES string of the molecule is [B]c1c(S)c(S)c(S)c2c(C3CCNC3)c(S)[nH]c12. The fraction of sp³-hybridized carbons (Fsp3) is 0.333. The van der Waals surface area contributed by atoms with Crippen LogP contribution < -0.4 is 10.8 Å². The summed E-state index contributed by atoms with van der Waals surface area (Å²) in [6.07, 6.45) is 1.10. The number of hydrogen-bond acceptors (Lipinski definition) is 5. The molecule has 2 aromatic rings. The molecule has 1 aromatic carbocycles. The second-order valence-electron chi connectivity index (χ2n) is 4.79. The van der Waals surface area contributed by atoms with Crippen LogP contribution in [0.25, 0.3) is 10.9 Å². The number of H-pyrrole nitrogens is 1. The van der Waals surface area contributed by atoms with Crippen molar-refractivity contribution < 1.29 is 0 Å². The molecule has 1 atom stereocenters. The van der Waals surface area contributed by atoms with Crippen LogP contribution in [0.2, 0.25) is 0 Å². The maximum absolute atomic E-state index is 6.13. The summed E-state index contributed by atoms with van der Waals surface area (Å²) >= 11 is 18.0. The lowest BCUT2D eigenvalue weighted by atomic mass is 9.90. The second kappa shape index (κ2) is 5.18. The fourth-order valence-corrected chi connectivity index (χ4v) is 4.02. The van der Waals surface area contributed by atoms with Crippen molar-refractivity contribution in [2.75, 3.05) is 13.1 Å². The van der Waals surface area contributed by atoms with Crippen molar-refractivity contribution >= 4 is 74.7 Å². The summed E-state index contributed by atoms with van der Waals surface area (Å²) in [4.78, 5) is 5.45. The van der Waals surface area contributed by atoms with Crippen LogP contribution in [0.4, 0.5) is 0 Å². The molecule has 1 saturated heterocycles. The summed E-state index contributed by atoms with van der Waals surface area (Å²) in [6, 6.07) is 0. The number of rotatable bonds is 1. The highest BCUT2D eigenvalue weighted by Crippen LogP contribution is 2.40. The van der Waals surface area contributed by atoms with Gasteiger partial charge in [0.1, 0.15) is 7.85 Å². The molecule has 1 aromatic heterocycles. The van der Waals surface area contributed by atoms with Gasteiger partial charge in [-0.05, 0) is 18.5 Å². The molecule has 0 amide bonds. The third-order valence-corrected chi connectivity index (χ3v) is 5.76. The Morgan fingerprint density at radius 2 is 1.79 bits per heavy atom. The Hall–Kier alpha value is 0.185. The molecule has 98 valence electrons. The lowest BCUT2D eigenvalue weighted by Crippen LogP contribution is -2.10.